The van der Waals surface area contributed by atoms with Crippen molar-refractivity contribution >= 4 is 23.2 Å². The molecule has 0 aliphatic heterocycles. The first-order chi connectivity index (χ1) is 9.54. The Labute approximate surface area is 122 Å². The number of benzene rings is 1. The number of carbonyl (C=O) groups excluding carboxylic acids is 1. The van der Waals surface area contributed by atoms with Gasteiger partial charge in [0.05, 0.1) is 5.02 Å². The Morgan fingerprint density at radius 1 is 1.40 bits per heavy atom. The molecule has 0 unspecified atom stereocenters. The van der Waals surface area contributed by atoms with Crippen molar-refractivity contribution in [3.63, 3.8) is 0 Å². The number of nitrogens with zero attached hydrogens (tertiary/aromatic N) is 1. The molecule has 4 nitrogen and oxygen atoms in total. The molecule has 20 heavy (non-hydrogen) atoms. The van der Waals surface area contributed by atoms with Crippen molar-refractivity contribution < 1.29 is 9.90 Å². The van der Waals surface area contributed by atoms with Gasteiger partial charge >= 0.3 is 0 Å². The van der Waals surface area contributed by atoms with Crippen molar-refractivity contribution in [3.05, 3.63) is 46.7 Å². The van der Waals surface area contributed by atoms with Crippen LogP contribution in [0, 0.1) is 6.92 Å². The van der Waals surface area contributed by atoms with E-state index < -0.39 is 0 Å². The van der Waals surface area contributed by atoms with Crippen LogP contribution < -0.4 is 5.32 Å². The van der Waals surface area contributed by atoms with Crippen LogP contribution in [0.15, 0.2) is 30.5 Å². The van der Waals surface area contributed by atoms with Crippen LogP contribution >= 0.6 is 11.6 Å². The molecular formula is C15H15ClN2O2. The van der Waals surface area contributed by atoms with Gasteiger partial charge in [0, 0.05) is 17.9 Å². The summed E-state index contributed by atoms with van der Waals surface area (Å²) < 4.78 is 1.94. The number of phenols is 1. The average Bonchev–Trinajstić information content (AvgIpc) is 3.16. The normalized spacial score (nSPS) is 14.3. The van der Waals surface area contributed by atoms with Gasteiger partial charge < -0.3 is 15.0 Å². The number of hydrogen-bond donors (Lipinski definition) is 2. The van der Waals surface area contributed by atoms with E-state index in [-0.39, 0.29) is 11.7 Å². The number of rotatable bonds is 3. The van der Waals surface area contributed by atoms with Crippen LogP contribution in [0.3, 0.4) is 0 Å². The summed E-state index contributed by atoms with van der Waals surface area (Å²) in [7, 11) is 0. The fraction of sp³-hybridized carbons (Fsp3) is 0.267. The van der Waals surface area contributed by atoms with Gasteiger partial charge in [-0.1, -0.05) is 11.6 Å². The lowest BCUT2D eigenvalue weighted by Gasteiger charge is -2.10. The Kier molecular flexibility index (Phi) is 3.18. The summed E-state index contributed by atoms with van der Waals surface area (Å²) >= 11 is 6.00. The van der Waals surface area contributed by atoms with Crippen LogP contribution in [-0.2, 0) is 0 Å². The Morgan fingerprint density at radius 2 is 2.15 bits per heavy atom. The van der Waals surface area contributed by atoms with Gasteiger partial charge in [-0.25, -0.2) is 0 Å². The smallest absolute Gasteiger partial charge is 0.272 e. The second kappa shape index (κ2) is 4.87. The van der Waals surface area contributed by atoms with Crippen molar-refractivity contribution in [1.29, 1.82) is 0 Å². The Bertz CT molecular complexity index is 675. The molecule has 2 N–H and O–H groups in total. The molecule has 1 fully saturated rings. The summed E-state index contributed by atoms with van der Waals surface area (Å²) in [6, 6.07) is 6.93. The summed E-state index contributed by atoms with van der Waals surface area (Å²) in [4.78, 5) is 12.4. The minimum atomic E-state index is -0.183. The third kappa shape index (κ3) is 2.51. The molecule has 3 rings (SSSR count). The molecule has 104 valence electrons. The van der Waals surface area contributed by atoms with Gasteiger partial charge in [-0.3, -0.25) is 4.79 Å². The molecule has 0 radical (unpaired) electrons. The Morgan fingerprint density at radius 3 is 2.80 bits per heavy atom. The first-order valence-corrected chi connectivity index (χ1v) is 6.91. The summed E-state index contributed by atoms with van der Waals surface area (Å²) in [5, 5.41) is 12.8. The highest BCUT2D eigenvalue weighted by atomic mass is 35.5. The molecule has 0 spiro atoms. The molecule has 1 aliphatic carbocycles. The van der Waals surface area contributed by atoms with E-state index in [2.05, 4.69) is 5.32 Å². The molecule has 2 aromatic rings. The number of carbonyl (C=O) groups is 1. The van der Waals surface area contributed by atoms with E-state index in [1.165, 1.54) is 0 Å². The highest BCUT2D eigenvalue weighted by Crippen LogP contribution is 2.37. The van der Waals surface area contributed by atoms with E-state index in [0.717, 1.165) is 18.4 Å². The average molecular weight is 291 g/mol. The number of anilines is 1. The molecule has 1 heterocycles. The van der Waals surface area contributed by atoms with E-state index in [4.69, 9.17) is 11.6 Å². The first-order valence-electron chi connectivity index (χ1n) is 6.53. The van der Waals surface area contributed by atoms with E-state index in [1.807, 2.05) is 11.5 Å². The number of hydrogen-bond acceptors (Lipinski definition) is 2. The van der Waals surface area contributed by atoms with Gasteiger partial charge in [0.1, 0.15) is 11.4 Å². The zero-order valence-corrected chi connectivity index (χ0v) is 11.8. The SMILES string of the molecule is Cc1cc(O)ccc1NC(=O)c1cc(Cl)cn1C1CC1. The van der Waals surface area contributed by atoms with Crippen LogP contribution in [0.5, 0.6) is 5.75 Å². The quantitative estimate of drug-likeness (QED) is 0.846. The maximum absolute atomic E-state index is 12.4. The van der Waals surface area contributed by atoms with Crippen LogP contribution in [0.4, 0.5) is 5.69 Å². The van der Waals surface area contributed by atoms with Crippen molar-refractivity contribution in [2.75, 3.05) is 5.32 Å². The fourth-order valence-electron chi connectivity index (χ4n) is 2.26. The summed E-state index contributed by atoms with van der Waals surface area (Å²) in [6.07, 6.45) is 3.98. The van der Waals surface area contributed by atoms with Gasteiger partial charge in [0.2, 0.25) is 0 Å². The molecule has 0 atom stereocenters. The Hall–Kier alpha value is -1.94. The van der Waals surface area contributed by atoms with Gasteiger partial charge in [-0.05, 0) is 49.6 Å². The standard InChI is InChI=1S/C15H15ClN2O2/c1-9-6-12(19)4-5-13(9)17-15(20)14-7-10(16)8-18(14)11-2-3-11/h4-8,11,19H,2-3H2,1H3,(H,17,20). The Balaban J connectivity index is 1.86. The fourth-order valence-corrected chi connectivity index (χ4v) is 2.47. The number of aryl methyl sites for hydroxylation is 1. The van der Waals surface area contributed by atoms with E-state index in [1.54, 1.807) is 30.5 Å². The summed E-state index contributed by atoms with van der Waals surface area (Å²) in [6.45, 7) is 1.84. The van der Waals surface area contributed by atoms with Crippen LogP contribution in [0.2, 0.25) is 5.02 Å². The van der Waals surface area contributed by atoms with Crippen LogP contribution in [-0.4, -0.2) is 15.6 Å². The van der Waals surface area contributed by atoms with Gasteiger partial charge in [-0.15, -0.1) is 0 Å². The topological polar surface area (TPSA) is 54.3 Å². The number of phenolic OH excluding ortho intramolecular Hbond substituents is 1. The molecule has 1 aromatic heterocycles. The largest absolute Gasteiger partial charge is 0.508 e. The monoisotopic (exact) mass is 290 g/mol. The minimum absolute atomic E-state index is 0.183. The molecule has 1 aliphatic rings. The summed E-state index contributed by atoms with van der Waals surface area (Å²) in [5.74, 6) is 0.00230. The lowest BCUT2D eigenvalue weighted by molar-refractivity contribution is 0.101. The molecule has 0 bridgehead atoms. The van der Waals surface area contributed by atoms with Crippen molar-refractivity contribution in [2.45, 2.75) is 25.8 Å². The molecule has 5 heteroatoms. The zero-order chi connectivity index (χ0) is 14.3. The lowest BCUT2D eigenvalue weighted by atomic mass is 10.2. The molecule has 1 amide bonds. The molecule has 1 aromatic carbocycles. The molecule has 1 saturated carbocycles. The molecule has 0 saturated heterocycles. The van der Waals surface area contributed by atoms with Gasteiger partial charge in [0.15, 0.2) is 0 Å². The number of amides is 1. The van der Waals surface area contributed by atoms with Crippen molar-refractivity contribution in [1.82, 2.24) is 4.57 Å². The number of aromatic hydroxyl groups is 1. The predicted octanol–water partition coefficient (Wildman–Crippen LogP) is 3.74. The highest BCUT2D eigenvalue weighted by molar-refractivity contribution is 6.31. The number of nitrogens with one attached hydrogen (secondary N) is 1. The predicted molar refractivity (Wildman–Crippen MR) is 78.5 cm³/mol. The maximum Gasteiger partial charge on any atom is 0.272 e. The van der Waals surface area contributed by atoms with E-state index in [0.29, 0.717) is 22.4 Å². The maximum atomic E-state index is 12.4. The van der Waals surface area contributed by atoms with Crippen molar-refractivity contribution in [2.24, 2.45) is 0 Å². The van der Waals surface area contributed by atoms with Gasteiger partial charge in [0.25, 0.3) is 5.91 Å². The second-order valence-corrected chi connectivity index (χ2v) is 5.57. The third-order valence-corrected chi connectivity index (χ3v) is 3.65. The van der Waals surface area contributed by atoms with Gasteiger partial charge in [-0.2, -0.15) is 0 Å². The van der Waals surface area contributed by atoms with E-state index in [9.17, 15) is 9.90 Å². The number of halogens is 1. The minimum Gasteiger partial charge on any atom is -0.508 e. The van der Waals surface area contributed by atoms with Crippen LogP contribution in [0.25, 0.3) is 0 Å². The first kappa shape index (κ1) is 13.1. The van der Waals surface area contributed by atoms with Crippen LogP contribution in [0.1, 0.15) is 34.9 Å². The zero-order valence-electron chi connectivity index (χ0n) is 11.1. The summed E-state index contributed by atoms with van der Waals surface area (Å²) in [5.41, 5.74) is 2.08. The third-order valence-electron chi connectivity index (χ3n) is 3.45. The lowest BCUT2D eigenvalue weighted by Crippen LogP contribution is -2.16. The highest BCUT2D eigenvalue weighted by Gasteiger charge is 2.27. The molecular weight excluding hydrogens is 276 g/mol. The number of aromatic nitrogens is 1. The second-order valence-electron chi connectivity index (χ2n) is 5.14. The van der Waals surface area contributed by atoms with Crippen molar-refractivity contribution in [3.8, 4) is 5.75 Å². The van der Waals surface area contributed by atoms with E-state index >= 15 is 0 Å².